The number of nitrogens with two attached hydrogens (primary N) is 1. The van der Waals surface area contributed by atoms with Gasteiger partial charge in [0, 0.05) is 5.71 Å². The highest BCUT2D eigenvalue weighted by Gasteiger charge is 2.26. The molecule has 0 aliphatic heterocycles. The predicted octanol–water partition coefficient (Wildman–Crippen LogP) is 3.34. The number of pyridine rings is 1. The number of amides is 1. The van der Waals surface area contributed by atoms with E-state index >= 15 is 0 Å². The van der Waals surface area contributed by atoms with Crippen molar-refractivity contribution in [3.8, 4) is 0 Å². The van der Waals surface area contributed by atoms with Crippen LogP contribution in [0.5, 0.6) is 0 Å². The van der Waals surface area contributed by atoms with E-state index in [4.69, 9.17) is 40.5 Å². The number of anilines is 1. The first-order valence-corrected chi connectivity index (χ1v) is 7.77. The van der Waals surface area contributed by atoms with Gasteiger partial charge in [0.05, 0.1) is 5.69 Å². The number of hydrazone groups is 1. The number of nitrogens with zero attached hydrogens (tertiary/aromatic N) is 1. The van der Waals surface area contributed by atoms with Gasteiger partial charge in [-0.15, -0.1) is 0 Å². The summed E-state index contributed by atoms with van der Waals surface area (Å²) in [7, 11) is 0. The van der Waals surface area contributed by atoms with Crippen molar-refractivity contribution < 1.29 is 9.78 Å². The number of carbonyl (C=O) groups excluding carboxylic acids is 1. The van der Waals surface area contributed by atoms with Gasteiger partial charge >= 0.3 is 5.91 Å². The molecule has 1 heterocycles. The molecule has 2 rings (SSSR count). The second kappa shape index (κ2) is 6.81. The van der Waals surface area contributed by atoms with Crippen molar-refractivity contribution in [2.75, 3.05) is 5.73 Å². The number of rotatable bonds is 2. The SMILES string of the molecule is C[C@H]1CCCC/C1=N/NC(=O)c1[nH+]c(Cl)c(Cl)c(N)c1Cl. The van der Waals surface area contributed by atoms with Gasteiger partial charge < -0.3 is 5.73 Å². The van der Waals surface area contributed by atoms with E-state index in [0.29, 0.717) is 5.92 Å². The molecule has 1 aliphatic carbocycles. The summed E-state index contributed by atoms with van der Waals surface area (Å²) in [6, 6.07) is 0. The maximum absolute atomic E-state index is 12.1. The van der Waals surface area contributed by atoms with Gasteiger partial charge in [0.1, 0.15) is 10.0 Å². The number of aromatic amines is 1. The van der Waals surface area contributed by atoms with Crippen molar-refractivity contribution in [1.29, 1.82) is 0 Å². The Morgan fingerprint density at radius 2 is 2.05 bits per heavy atom. The molecule has 1 saturated carbocycles. The zero-order chi connectivity index (χ0) is 15.6. The molecule has 1 aliphatic rings. The predicted molar refractivity (Wildman–Crippen MR) is 85.0 cm³/mol. The number of carbonyl (C=O) groups is 1. The van der Waals surface area contributed by atoms with Crippen molar-refractivity contribution in [3.05, 3.63) is 20.9 Å². The quantitative estimate of drug-likeness (QED) is 0.633. The molecule has 4 N–H and O–H groups in total. The number of H-pyrrole nitrogens is 1. The largest absolute Gasteiger partial charge is 0.396 e. The smallest absolute Gasteiger partial charge is 0.337 e. The zero-order valence-electron chi connectivity index (χ0n) is 11.5. The van der Waals surface area contributed by atoms with Gasteiger partial charge in [0.2, 0.25) is 0 Å². The Morgan fingerprint density at radius 1 is 1.33 bits per heavy atom. The molecule has 21 heavy (non-hydrogen) atoms. The van der Waals surface area contributed by atoms with E-state index in [9.17, 15) is 4.79 Å². The topological polar surface area (TPSA) is 81.6 Å². The van der Waals surface area contributed by atoms with Crippen LogP contribution < -0.4 is 16.1 Å². The Bertz CT molecular complexity index is 604. The summed E-state index contributed by atoms with van der Waals surface area (Å²) in [6.07, 6.45) is 4.26. The van der Waals surface area contributed by atoms with Crippen molar-refractivity contribution in [2.45, 2.75) is 32.6 Å². The van der Waals surface area contributed by atoms with Crippen LogP contribution in [-0.4, -0.2) is 11.6 Å². The van der Waals surface area contributed by atoms with E-state index in [1.165, 1.54) is 6.42 Å². The van der Waals surface area contributed by atoms with E-state index in [2.05, 4.69) is 22.4 Å². The Labute approximate surface area is 137 Å². The molecule has 114 valence electrons. The fourth-order valence-corrected chi connectivity index (χ4v) is 2.85. The summed E-state index contributed by atoms with van der Waals surface area (Å²) >= 11 is 17.7. The van der Waals surface area contributed by atoms with Crippen LogP contribution in [0.2, 0.25) is 15.2 Å². The Kier molecular flexibility index (Phi) is 5.30. The molecule has 1 atom stereocenters. The summed E-state index contributed by atoms with van der Waals surface area (Å²) < 4.78 is 0. The van der Waals surface area contributed by atoms with Crippen LogP contribution in [0.3, 0.4) is 0 Å². The first-order valence-electron chi connectivity index (χ1n) is 6.63. The van der Waals surface area contributed by atoms with E-state index in [1.807, 2.05) is 0 Å². The molecule has 8 heteroatoms. The summed E-state index contributed by atoms with van der Waals surface area (Å²) in [4.78, 5) is 14.8. The minimum Gasteiger partial charge on any atom is -0.396 e. The average molecular weight is 351 g/mol. The first-order chi connectivity index (χ1) is 9.91. The highest BCUT2D eigenvalue weighted by atomic mass is 35.5. The monoisotopic (exact) mass is 349 g/mol. The lowest BCUT2D eigenvalue weighted by molar-refractivity contribution is -0.379. The van der Waals surface area contributed by atoms with Gasteiger partial charge in [0.15, 0.2) is 0 Å². The molecular formula is C13H16Cl3N4O+. The number of hydrogen-bond acceptors (Lipinski definition) is 3. The van der Waals surface area contributed by atoms with Crippen LogP contribution in [0, 0.1) is 5.92 Å². The molecular weight excluding hydrogens is 335 g/mol. The second-order valence-electron chi connectivity index (χ2n) is 5.05. The van der Waals surface area contributed by atoms with E-state index in [1.54, 1.807) is 0 Å². The highest BCUT2D eigenvalue weighted by Crippen LogP contribution is 2.32. The van der Waals surface area contributed by atoms with Gasteiger partial charge in [0.25, 0.3) is 10.8 Å². The number of nitrogens with one attached hydrogen (secondary N) is 2. The second-order valence-corrected chi connectivity index (χ2v) is 6.18. The Balaban J connectivity index is 2.19. The van der Waals surface area contributed by atoms with E-state index < -0.39 is 5.91 Å². The van der Waals surface area contributed by atoms with Crippen LogP contribution in [-0.2, 0) is 0 Å². The molecule has 0 unspecified atom stereocenters. The van der Waals surface area contributed by atoms with Crippen LogP contribution in [0.15, 0.2) is 5.10 Å². The molecule has 5 nitrogen and oxygen atoms in total. The summed E-state index contributed by atoms with van der Waals surface area (Å²) in [5.74, 6) is -0.132. The number of halogens is 3. The molecule has 0 saturated heterocycles. The maximum atomic E-state index is 12.1. The van der Waals surface area contributed by atoms with Gasteiger partial charge in [-0.2, -0.15) is 10.1 Å². The van der Waals surface area contributed by atoms with Crippen molar-refractivity contribution in [1.82, 2.24) is 5.43 Å². The van der Waals surface area contributed by atoms with Crippen LogP contribution in [0.4, 0.5) is 5.69 Å². The van der Waals surface area contributed by atoms with Crippen molar-refractivity contribution in [2.24, 2.45) is 11.0 Å². The van der Waals surface area contributed by atoms with E-state index in [-0.39, 0.29) is 26.6 Å². The third-order valence-electron chi connectivity index (χ3n) is 3.54. The first kappa shape index (κ1) is 16.3. The molecule has 1 aromatic rings. The summed E-state index contributed by atoms with van der Waals surface area (Å²) in [6.45, 7) is 2.10. The van der Waals surface area contributed by atoms with Gasteiger partial charge in [-0.3, -0.25) is 4.79 Å². The molecule has 0 aromatic carbocycles. The third kappa shape index (κ3) is 3.59. The lowest BCUT2D eigenvalue weighted by Crippen LogP contribution is -2.30. The summed E-state index contributed by atoms with van der Waals surface area (Å²) in [5.41, 5.74) is 9.27. The molecule has 1 amide bonds. The fraction of sp³-hybridized carbons (Fsp3) is 0.462. The number of hydrogen-bond donors (Lipinski definition) is 2. The Hall–Kier alpha value is -1.04. The lowest BCUT2D eigenvalue weighted by atomic mass is 9.89. The van der Waals surface area contributed by atoms with Crippen LogP contribution in [0.1, 0.15) is 43.1 Å². The minimum absolute atomic E-state index is 0.0267. The normalized spacial score (nSPS) is 20.6. The Morgan fingerprint density at radius 3 is 2.71 bits per heavy atom. The highest BCUT2D eigenvalue weighted by molar-refractivity contribution is 6.45. The number of nitrogen functional groups attached to an aromatic ring is 1. The molecule has 0 radical (unpaired) electrons. The minimum atomic E-state index is -0.504. The third-order valence-corrected chi connectivity index (χ3v) is 4.70. The van der Waals surface area contributed by atoms with Gasteiger partial charge in [-0.1, -0.05) is 36.5 Å². The van der Waals surface area contributed by atoms with Gasteiger partial charge in [-0.25, -0.2) is 5.43 Å². The van der Waals surface area contributed by atoms with Crippen molar-refractivity contribution in [3.63, 3.8) is 0 Å². The van der Waals surface area contributed by atoms with Crippen LogP contribution in [0.25, 0.3) is 0 Å². The lowest BCUT2D eigenvalue weighted by Gasteiger charge is -2.19. The van der Waals surface area contributed by atoms with Gasteiger partial charge in [-0.05, 0) is 36.8 Å². The molecule has 0 spiro atoms. The standard InChI is InChI=1S/C13H15Cl3N4O/c1-6-4-2-3-5-7(6)19-20-13(21)11-8(14)10(17)9(15)12(16)18-11/h6H,2-5H2,1H3,(H2,17,18)(H,20,21)/p+1/b19-7-/t6-/m0/s1. The molecule has 0 bridgehead atoms. The number of aromatic nitrogens is 1. The fourth-order valence-electron chi connectivity index (χ4n) is 2.24. The van der Waals surface area contributed by atoms with Crippen LogP contribution >= 0.6 is 34.8 Å². The maximum Gasteiger partial charge on any atom is 0.337 e. The molecule has 1 aromatic heterocycles. The zero-order valence-corrected chi connectivity index (χ0v) is 13.7. The van der Waals surface area contributed by atoms with E-state index in [0.717, 1.165) is 25.0 Å². The van der Waals surface area contributed by atoms with Crippen molar-refractivity contribution >= 4 is 52.1 Å². The average Bonchev–Trinajstić information content (AvgIpc) is 2.47. The molecule has 1 fully saturated rings. The summed E-state index contributed by atoms with van der Waals surface area (Å²) in [5, 5.41) is 4.36.